The van der Waals surface area contributed by atoms with E-state index in [1.165, 1.54) is 12.1 Å². The molecular weight excluding hydrogens is 497 g/mol. The molecule has 5 rings (SSSR count). The molecule has 0 atom stereocenters. The van der Waals surface area contributed by atoms with Crippen molar-refractivity contribution in [3.63, 3.8) is 0 Å². The molecule has 0 bridgehead atoms. The highest BCUT2D eigenvalue weighted by molar-refractivity contribution is 5.97. The number of ether oxygens (including phenoxy) is 1. The lowest BCUT2D eigenvalue weighted by atomic mass is 9.95. The second-order valence-electron chi connectivity index (χ2n) is 9.56. The van der Waals surface area contributed by atoms with E-state index < -0.39 is 17.8 Å². The Morgan fingerprint density at radius 3 is 2.55 bits per heavy atom. The standard InChI is InChI=1S/C27H27F3N6O2/c1-15(2)37-23-10-8-16(11-22(23)27(28,29)30)26-33-25(35-38-26)21-9-7-17(19-5-3-4-6-20(19)21)12-36-13-18(14-36)24(31)34-32/h3-11,15,18H,12-14,32H2,1-2H3,(H2,31,34). The van der Waals surface area contributed by atoms with E-state index in [9.17, 15) is 13.2 Å². The van der Waals surface area contributed by atoms with Gasteiger partial charge in [0.15, 0.2) is 0 Å². The van der Waals surface area contributed by atoms with Crippen molar-refractivity contribution in [3.05, 3.63) is 65.7 Å². The van der Waals surface area contributed by atoms with Crippen LogP contribution in [0.25, 0.3) is 33.6 Å². The second-order valence-corrected chi connectivity index (χ2v) is 9.56. The van der Waals surface area contributed by atoms with Crippen LogP contribution in [0.4, 0.5) is 13.2 Å². The number of likely N-dealkylation sites (tertiary alicyclic amines) is 1. The zero-order chi connectivity index (χ0) is 27.0. The van der Waals surface area contributed by atoms with Crippen molar-refractivity contribution in [2.24, 2.45) is 22.6 Å². The maximum Gasteiger partial charge on any atom is 0.419 e. The van der Waals surface area contributed by atoms with Gasteiger partial charge in [0.2, 0.25) is 5.82 Å². The number of hydrogen-bond donors (Lipinski definition) is 2. The molecule has 1 aliphatic rings. The Morgan fingerprint density at radius 2 is 1.87 bits per heavy atom. The predicted octanol–water partition coefficient (Wildman–Crippen LogP) is 5.03. The molecule has 3 aromatic carbocycles. The Morgan fingerprint density at radius 1 is 1.13 bits per heavy atom. The fraction of sp³-hybridized carbons (Fsp3) is 0.296. The highest BCUT2D eigenvalue weighted by Gasteiger charge is 2.35. The van der Waals surface area contributed by atoms with Gasteiger partial charge in [-0.05, 0) is 48.4 Å². The summed E-state index contributed by atoms with van der Waals surface area (Å²) in [5.41, 5.74) is 6.91. The van der Waals surface area contributed by atoms with Crippen molar-refractivity contribution in [3.8, 4) is 28.6 Å². The van der Waals surface area contributed by atoms with E-state index in [1.54, 1.807) is 13.8 Å². The third-order valence-corrected chi connectivity index (χ3v) is 6.49. The van der Waals surface area contributed by atoms with Crippen LogP contribution >= 0.6 is 0 Å². The molecule has 4 aromatic rings. The van der Waals surface area contributed by atoms with Gasteiger partial charge in [-0.1, -0.05) is 41.6 Å². The average molecular weight is 525 g/mol. The summed E-state index contributed by atoms with van der Waals surface area (Å²) in [6.45, 7) is 5.61. The van der Waals surface area contributed by atoms with Crippen molar-refractivity contribution in [1.82, 2.24) is 15.0 Å². The van der Waals surface area contributed by atoms with Gasteiger partial charge in [0.1, 0.15) is 11.6 Å². The third kappa shape index (κ3) is 5.01. The number of hydrazone groups is 1. The fourth-order valence-corrected chi connectivity index (χ4v) is 4.62. The van der Waals surface area contributed by atoms with Crippen LogP contribution in [0.1, 0.15) is 25.0 Å². The van der Waals surface area contributed by atoms with Gasteiger partial charge in [-0.2, -0.15) is 23.3 Å². The zero-order valence-electron chi connectivity index (χ0n) is 20.9. The number of fused-ring (bicyclic) bond motifs is 1. The smallest absolute Gasteiger partial charge is 0.419 e. The molecule has 11 heteroatoms. The van der Waals surface area contributed by atoms with Crippen molar-refractivity contribution in [2.45, 2.75) is 32.7 Å². The number of alkyl halides is 3. The number of aromatic nitrogens is 2. The van der Waals surface area contributed by atoms with E-state index >= 15 is 0 Å². The summed E-state index contributed by atoms with van der Waals surface area (Å²) in [5.74, 6) is 5.93. The van der Waals surface area contributed by atoms with Crippen LogP contribution in [0.5, 0.6) is 5.75 Å². The fourth-order valence-electron chi connectivity index (χ4n) is 4.62. The molecule has 0 amide bonds. The highest BCUT2D eigenvalue weighted by atomic mass is 19.4. The maximum atomic E-state index is 13.7. The summed E-state index contributed by atoms with van der Waals surface area (Å²) in [7, 11) is 0. The summed E-state index contributed by atoms with van der Waals surface area (Å²) in [6, 6.07) is 15.5. The number of halogens is 3. The Kier molecular flexibility index (Phi) is 6.70. The van der Waals surface area contributed by atoms with Crippen LogP contribution in [0.2, 0.25) is 0 Å². The first-order chi connectivity index (χ1) is 18.1. The average Bonchev–Trinajstić information content (AvgIpc) is 3.34. The molecule has 1 saturated heterocycles. The number of nitrogens with two attached hydrogens (primary N) is 2. The van der Waals surface area contributed by atoms with E-state index in [4.69, 9.17) is 20.8 Å². The highest BCUT2D eigenvalue weighted by Crippen LogP contribution is 2.39. The van der Waals surface area contributed by atoms with Gasteiger partial charge in [0.05, 0.1) is 11.7 Å². The van der Waals surface area contributed by atoms with Gasteiger partial charge in [-0.15, -0.1) is 0 Å². The van der Waals surface area contributed by atoms with Gasteiger partial charge >= 0.3 is 6.18 Å². The molecular formula is C27H27F3N6O2. The van der Waals surface area contributed by atoms with Crippen LogP contribution in [0, 0.1) is 5.92 Å². The summed E-state index contributed by atoms with van der Waals surface area (Å²) < 4.78 is 51.9. The topological polar surface area (TPSA) is 116 Å². The summed E-state index contributed by atoms with van der Waals surface area (Å²) in [6.07, 6.45) is -5.01. The van der Waals surface area contributed by atoms with Gasteiger partial charge in [-0.3, -0.25) is 4.90 Å². The summed E-state index contributed by atoms with van der Waals surface area (Å²) in [5, 5.41) is 9.60. The molecule has 0 spiro atoms. The largest absolute Gasteiger partial charge is 0.490 e. The molecule has 1 fully saturated rings. The quantitative estimate of drug-likeness (QED) is 0.151. The molecule has 0 aliphatic carbocycles. The van der Waals surface area contributed by atoms with Crippen molar-refractivity contribution in [2.75, 3.05) is 13.1 Å². The van der Waals surface area contributed by atoms with E-state index in [2.05, 4.69) is 20.1 Å². The molecule has 4 N–H and O–H groups in total. The van der Waals surface area contributed by atoms with Crippen molar-refractivity contribution >= 4 is 16.6 Å². The number of amidine groups is 1. The maximum absolute atomic E-state index is 13.7. The molecule has 8 nitrogen and oxygen atoms in total. The molecule has 0 saturated carbocycles. The molecule has 198 valence electrons. The molecule has 2 heterocycles. The lowest BCUT2D eigenvalue weighted by Gasteiger charge is -2.38. The normalized spacial score (nSPS) is 15.3. The summed E-state index contributed by atoms with van der Waals surface area (Å²) >= 11 is 0. The number of hydrogen-bond acceptors (Lipinski definition) is 7. The molecule has 0 unspecified atom stereocenters. The minimum Gasteiger partial charge on any atom is -0.490 e. The lowest BCUT2D eigenvalue weighted by Crippen LogP contribution is -2.52. The first kappa shape index (κ1) is 25.5. The first-order valence-corrected chi connectivity index (χ1v) is 12.1. The van der Waals surface area contributed by atoms with Crippen molar-refractivity contribution < 1.29 is 22.4 Å². The predicted molar refractivity (Wildman–Crippen MR) is 138 cm³/mol. The van der Waals surface area contributed by atoms with Gasteiger partial charge in [-0.25, -0.2) is 0 Å². The molecule has 1 aromatic heterocycles. The Balaban J connectivity index is 1.44. The minimum atomic E-state index is -4.60. The first-order valence-electron chi connectivity index (χ1n) is 12.1. The Labute approximate surface area is 217 Å². The monoisotopic (exact) mass is 524 g/mol. The second kappa shape index (κ2) is 9.97. The van der Waals surface area contributed by atoms with Crippen molar-refractivity contribution in [1.29, 1.82) is 0 Å². The minimum absolute atomic E-state index is 0.0134. The number of rotatable bonds is 7. The molecule has 38 heavy (non-hydrogen) atoms. The van der Waals surface area contributed by atoms with Gasteiger partial charge in [0.25, 0.3) is 5.89 Å². The Hall–Kier alpha value is -4.12. The third-order valence-electron chi connectivity index (χ3n) is 6.49. The van der Waals surface area contributed by atoms with Crippen LogP contribution in [-0.2, 0) is 12.7 Å². The van der Waals surface area contributed by atoms with Gasteiger partial charge in [0, 0.05) is 36.7 Å². The zero-order valence-corrected chi connectivity index (χ0v) is 20.9. The number of benzene rings is 3. The van der Waals surface area contributed by atoms with Gasteiger partial charge < -0.3 is 20.8 Å². The molecule has 1 aliphatic heterocycles. The lowest BCUT2D eigenvalue weighted by molar-refractivity contribution is -0.139. The van der Waals surface area contributed by atoms with Crippen LogP contribution in [0.3, 0.4) is 0 Å². The van der Waals surface area contributed by atoms with E-state index in [0.29, 0.717) is 5.84 Å². The SMILES string of the molecule is CC(C)Oc1ccc(-c2nc(-c3ccc(CN4CC(C(N)=NN)C4)c4ccccc34)no2)cc1C(F)(F)F. The molecule has 0 radical (unpaired) electrons. The Bertz CT molecular complexity index is 1490. The van der Waals surface area contributed by atoms with Crippen LogP contribution in [-0.4, -0.2) is 40.1 Å². The van der Waals surface area contributed by atoms with Crippen LogP contribution in [0.15, 0.2) is 64.2 Å². The van der Waals surface area contributed by atoms with E-state index in [0.717, 1.165) is 47.6 Å². The van der Waals surface area contributed by atoms with E-state index in [1.807, 2.05) is 36.4 Å². The van der Waals surface area contributed by atoms with E-state index in [-0.39, 0.29) is 28.9 Å². The van der Waals surface area contributed by atoms with Crippen LogP contribution < -0.4 is 16.3 Å². The summed E-state index contributed by atoms with van der Waals surface area (Å²) in [4.78, 5) is 6.69. The number of nitrogens with zero attached hydrogens (tertiary/aromatic N) is 4.